The maximum Gasteiger partial charge on any atom is 0.254 e. The standard InChI is InChI=1S/C15H21N3O2/c1-2-3-8-18(10-14(16)19)15(20)12-4-5-13-11(9-12)6-7-17-13/h4-5,9,17H,2-3,6-8,10H2,1H3,(H2,16,19). The number of carbonyl (C=O) groups excluding carboxylic acids is 2. The Morgan fingerprint density at radius 1 is 1.40 bits per heavy atom. The van der Waals surface area contributed by atoms with Gasteiger partial charge in [-0.05, 0) is 36.6 Å². The zero-order chi connectivity index (χ0) is 14.5. The van der Waals surface area contributed by atoms with Crippen LogP contribution in [-0.4, -0.2) is 36.3 Å². The number of nitrogens with zero attached hydrogens (tertiary/aromatic N) is 1. The first-order valence-corrected chi connectivity index (χ1v) is 7.06. The van der Waals surface area contributed by atoms with Gasteiger partial charge in [0.05, 0.1) is 6.54 Å². The van der Waals surface area contributed by atoms with Crippen molar-refractivity contribution in [2.75, 3.05) is 25.0 Å². The summed E-state index contributed by atoms with van der Waals surface area (Å²) in [5, 5.41) is 3.26. The highest BCUT2D eigenvalue weighted by Crippen LogP contribution is 2.23. The molecule has 0 aromatic heterocycles. The van der Waals surface area contributed by atoms with E-state index in [4.69, 9.17) is 5.73 Å². The Labute approximate surface area is 119 Å². The molecule has 2 rings (SSSR count). The molecular formula is C15H21N3O2. The average molecular weight is 275 g/mol. The first-order chi connectivity index (χ1) is 9.61. The van der Waals surface area contributed by atoms with Crippen LogP contribution in [0, 0.1) is 0 Å². The van der Waals surface area contributed by atoms with Crippen molar-refractivity contribution >= 4 is 17.5 Å². The Morgan fingerprint density at radius 2 is 2.20 bits per heavy atom. The second-order valence-electron chi connectivity index (χ2n) is 5.10. The molecule has 0 unspecified atom stereocenters. The zero-order valence-corrected chi connectivity index (χ0v) is 11.8. The first kappa shape index (κ1) is 14.4. The van der Waals surface area contributed by atoms with E-state index in [0.29, 0.717) is 12.1 Å². The Kier molecular flexibility index (Phi) is 4.61. The number of amides is 2. The van der Waals surface area contributed by atoms with Crippen LogP contribution in [0.3, 0.4) is 0 Å². The predicted molar refractivity (Wildman–Crippen MR) is 78.6 cm³/mol. The lowest BCUT2D eigenvalue weighted by atomic mass is 10.1. The van der Waals surface area contributed by atoms with Gasteiger partial charge in [0.1, 0.15) is 0 Å². The molecule has 0 spiro atoms. The molecule has 3 N–H and O–H groups in total. The molecule has 0 aliphatic carbocycles. The first-order valence-electron chi connectivity index (χ1n) is 7.06. The van der Waals surface area contributed by atoms with Crippen LogP contribution < -0.4 is 11.1 Å². The van der Waals surface area contributed by atoms with E-state index in [1.54, 1.807) is 6.07 Å². The molecule has 5 heteroatoms. The van der Waals surface area contributed by atoms with Crippen LogP contribution in [0.25, 0.3) is 0 Å². The fourth-order valence-electron chi connectivity index (χ4n) is 2.41. The molecule has 0 saturated heterocycles. The van der Waals surface area contributed by atoms with E-state index in [9.17, 15) is 9.59 Å². The normalized spacial score (nSPS) is 12.7. The molecule has 0 bridgehead atoms. The summed E-state index contributed by atoms with van der Waals surface area (Å²) in [6, 6.07) is 5.65. The van der Waals surface area contributed by atoms with Gasteiger partial charge in [-0.25, -0.2) is 0 Å². The average Bonchev–Trinajstić information content (AvgIpc) is 2.89. The molecule has 0 saturated carbocycles. The topological polar surface area (TPSA) is 75.4 Å². The van der Waals surface area contributed by atoms with Crippen molar-refractivity contribution in [3.63, 3.8) is 0 Å². The number of rotatable bonds is 6. The van der Waals surface area contributed by atoms with Crippen molar-refractivity contribution in [3.05, 3.63) is 29.3 Å². The van der Waals surface area contributed by atoms with Gasteiger partial charge >= 0.3 is 0 Å². The SMILES string of the molecule is CCCCN(CC(N)=O)C(=O)c1ccc2c(c1)CCN2. The summed E-state index contributed by atoms with van der Waals surface area (Å²) in [7, 11) is 0. The quantitative estimate of drug-likeness (QED) is 0.823. The highest BCUT2D eigenvalue weighted by molar-refractivity contribution is 5.97. The van der Waals surface area contributed by atoms with Gasteiger partial charge in [-0.2, -0.15) is 0 Å². The fourth-order valence-corrected chi connectivity index (χ4v) is 2.41. The van der Waals surface area contributed by atoms with Gasteiger partial charge in [-0.15, -0.1) is 0 Å². The van der Waals surface area contributed by atoms with E-state index in [2.05, 4.69) is 5.32 Å². The minimum atomic E-state index is -0.475. The van der Waals surface area contributed by atoms with E-state index >= 15 is 0 Å². The summed E-state index contributed by atoms with van der Waals surface area (Å²) in [6.07, 6.45) is 2.77. The number of benzene rings is 1. The highest BCUT2D eigenvalue weighted by atomic mass is 16.2. The summed E-state index contributed by atoms with van der Waals surface area (Å²) < 4.78 is 0. The van der Waals surface area contributed by atoms with Crippen molar-refractivity contribution in [1.29, 1.82) is 0 Å². The Bertz CT molecular complexity index is 514. The van der Waals surface area contributed by atoms with Crippen molar-refractivity contribution in [1.82, 2.24) is 4.90 Å². The van der Waals surface area contributed by atoms with Gasteiger partial charge in [-0.3, -0.25) is 9.59 Å². The summed E-state index contributed by atoms with van der Waals surface area (Å²) in [5.41, 5.74) is 8.11. The lowest BCUT2D eigenvalue weighted by Crippen LogP contribution is -2.39. The van der Waals surface area contributed by atoms with E-state index in [0.717, 1.165) is 37.1 Å². The molecule has 0 radical (unpaired) electrons. The van der Waals surface area contributed by atoms with Crippen molar-refractivity contribution < 1.29 is 9.59 Å². The van der Waals surface area contributed by atoms with E-state index < -0.39 is 5.91 Å². The number of anilines is 1. The smallest absolute Gasteiger partial charge is 0.254 e. The molecule has 2 amide bonds. The number of nitrogens with two attached hydrogens (primary N) is 1. The number of carbonyl (C=O) groups is 2. The fraction of sp³-hybridized carbons (Fsp3) is 0.467. The molecule has 20 heavy (non-hydrogen) atoms. The third-order valence-corrected chi connectivity index (χ3v) is 3.48. The third-order valence-electron chi connectivity index (χ3n) is 3.48. The molecule has 1 aliphatic rings. The highest BCUT2D eigenvalue weighted by Gasteiger charge is 2.19. The van der Waals surface area contributed by atoms with Crippen LogP contribution in [0.5, 0.6) is 0 Å². The summed E-state index contributed by atoms with van der Waals surface area (Å²) in [5.74, 6) is -0.593. The molecule has 0 fully saturated rings. The largest absolute Gasteiger partial charge is 0.384 e. The van der Waals surface area contributed by atoms with Gasteiger partial charge in [-0.1, -0.05) is 13.3 Å². The predicted octanol–water partition coefficient (Wildman–Crippen LogP) is 1.38. The molecule has 1 aliphatic heterocycles. The monoisotopic (exact) mass is 275 g/mol. The van der Waals surface area contributed by atoms with Gasteiger partial charge in [0.15, 0.2) is 0 Å². The van der Waals surface area contributed by atoms with Crippen LogP contribution in [-0.2, 0) is 11.2 Å². The maximum atomic E-state index is 12.5. The molecule has 0 atom stereocenters. The number of hydrogen-bond donors (Lipinski definition) is 2. The number of unbranched alkanes of at least 4 members (excludes halogenated alkanes) is 1. The van der Waals surface area contributed by atoms with Crippen LogP contribution >= 0.6 is 0 Å². The van der Waals surface area contributed by atoms with Crippen LogP contribution in [0.1, 0.15) is 35.7 Å². The lowest BCUT2D eigenvalue weighted by Gasteiger charge is -2.21. The van der Waals surface area contributed by atoms with Crippen LogP contribution in [0.4, 0.5) is 5.69 Å². The number of hydrogen-bond acceptors (Lipinski definition) is 3. The Hall–Kier alpha value is -2.04. The molecule has 1 heterocycles. The number of fused-ring (bicyclic) bond motifs is 1. The van der Waals surface area contributed by atoms with Crippen molar-refractivity contribution in [2.45, 2.75) is 26.2 Å². The van der Waals surface area contributed by atoms with E-state index in [1.807, 2.05) is 19.1 Å². The second kappa shape index (κ2) is 6.41. The Morgan fingerprint density at radius 3 is 2.90 bits per heavy atom. The van der Waals surface area contributed by atoms with E-state index in [1.165, 1.54) is 4.90 Å². The lowest BCUT2D eigenvalue weighted by molar-refractivity contribution is -0.118. The van der Waals surface area contributed by atoms with E-state index in [-0.39, 0.29) is 12.5 Å². The minimum Gasteiger partial charge on any atom is -0.384 e. The van der Waals surface area contributed by atoms with Crippen molar-refractivity contribution in [2.24, 2.45) is 5.73 Å². The Balaban J connectivity index is 2.15. The molecule has 1 aromatic carbocycles. The van der Waals surface area contributed by atoms with Crippen molar-refractivity contribution in [3.8, 4) is 0 Å². The summed E-state index contributed by atoms with van der Waals surface area (Å²) >= 11 is 0. The zero-order valence-electron chi connectivity index (χ0n) is 11.8. The van der Waals surface area contributed by atoms with Gasteiger partial charge in [0.25, 0.3) is 5.91 Å². The molecule has 108 valence electrons. The molecule has 1 aromatic rings. The van der Waals surface area contributed by atoms with Gasteiger partial charge < -0.3 is 16.0 Å². The third kappa shape index (κ3) is 3.29. The maximum absolute atomic E-state index is 12.5. The van der Waals surface area contributed by atoms with Gasteiger partial charge in [0.2, 0.25) is 5.91 Å². The van der Waals surface area contributed by atoms with Crippen LogP contribution in [0.15, 0.2) is 18.2 Å². The van der Waals surface area contributed by atoms with Gasteiger partial charge in [0, 0.05) is 24.3 Å². The van der Waals surface area contributed by atoms with Crippen LogP contribution in [0.2, 0.25) is 0 Å². The molecular weight excluding hydrogens is 254 g/mol. The number of primary amides is 1. The number of nitrogens with one attached hydrogen (secondary N) is 1. The minimum absolute atomic E-state index is 0.0197. The molecule has 5 nitrogen and oxygen atoms in total. The summed E-state index contributed by atoms with van der Waals surface area (Å²) in [4.78, 5) is 25.1. The summed E-state index contributed by atoms with van der Waals surface area (Å²) in [6.45, 7) is 3.50. The second-order valence-corrected chi connectivity index (χ2v) is 5.10.